The Bertz CT molecular complexity index is 2850. The van der Waals surface area contributed by atoms with Crippen LogP contribution in [0, 0.1) is 27.7 Å². The topological polar surface area (TPSA) is 41.7 Å². The lowest BCUT2D eigenvalue weighted by Crippen LogP contribution is -2.66. The van der Waals surface area contributed by atoms with Gasteiger partial charge in [-0.25, -0.2) is 13.9 Å². The summed E-state index contributed by atoms with van der Waals surface area (Å²) < 4.78 is 11.6. The number of benzene rings is 5. The van der Waals surface area contributed by atoms with E-state index in [0.717, 1.165) is 33.7 Å². The van der Waals surface area contributed by atoms with Crippen molar-refractivity contribution < 1.29 is 0 Å². The third kappa shape index (κ3) is 3.02. The fraction of sp³-hybridized carbons (Fsp3) is 0.186. The molecule has 51 heavy (non-hydrogen) atoms. The summed E-state index contributed by atoms with van der Waals surface area (Å²) in [5.74, 6) is 1.93. The van der Waals surface area contributed by atoms with E-state index in [4.69, 9.17) is 0 Å². The van der Waals surface area contributed by atoms with Gasteiger partial charge in [0.05, 0.1) is 22.1 Å². The summed E-state index contributed by atoms with van der Waals surface area (Å²) in [6.45, 7) is 15.6. The van der Waals surface area contributed by atoms with Gasteiger partial charge in [-0.3, -0.25) is 4.57 Å². The normalized spacial score (nSPS) is 14.2. The van der Waals surface area contributed by atoms with Crippen LogP contribution in [0.15, 0.2) is 89.7 Å². The van der Waals surface area contributed by atoms with Crippen LogP contribution < -0.4 is 38.7 Å². The van der Waals surface area contributed by atoms with E-state index in [2.05, 4.69) is 156 Å². The molecule has 5 aromatic rings. The Morgan fingerprint density at radius 3 is 1.29 bits per heavy atom. The van der Waals surface area contributed by atoms with E-state index in [1.54, 1.807) is 0 Å². The first-order chi connectivity index (χ1) is 24.5. The van der Waals surface area contributed by atoms with E-state index in [1.165, 1.54) is 77.9 Å². The number of rotatable bonds is 0. The minimum atomic E-state index is -0.0675. The van der Waals surface area contributed by atoms with Gasteiger partial charge in [0.25, 0.3) is 13.4 Å². The van der Waals surface area contributed by atoms with Crippen LogP contribution in [0.2, 0.25) is 0 Å². The van der Waals surface area contributed by atoms with Crippen molar-refractivity contribution in [1.82, 2.24) is 22.8 Å². The van der Waals surface area contributed by atoms with Crippen LogP contribution in [0.25, 0.3) is 50.8 Å². The van der Waals surface area contributed by atoms with Crippen LogP contribution in [0.3, 0.4) is 0 Å². The predicted octanol–water partition coefficient (Wildman–Crippen LogP) is 4.12. The van der Waals surface area contributed by atoms with Crippen LogP contribution in [0.5, 0.6) is 0 Å². The van der Waals surface area contributed by atoms with Gasteiger partial charge in [-0.2, -0.15) is 0 Å². The highest BCUT2D eigenvalue weighted by molar-refractivity contribution is 7.02. The molecule has 0 unspecified atom stereocenters. The maximum atomic E-state index is 15.7. The minimum Gasteiger partial charge on any atom is -0.317 e. The van der Waals surface area contributed by atoms with Gasteiger partial charge in [-0.05, 0) is 119 Å². The average Bonchev–Trinajstić information content (AvgIpc) is 3.64. The van der Waals surface area contributed by atoms with Crippen molar-refractivity contribution in [2.24, 2.45) is 0 Å². The number of para-hydroxylation sites is 2. The van der Waals surface area contributed by atoms with Crippen molar-refractivity contribution in [2.75, 3.05) is 0 Å². The summed E-state index contributed by atoms with van der Waals surface area (Å²) in [5, 5.41) is 0. The van der Waals surface area contributed by atoms with E-state index < -0.39 is 0 Å². The maximum absolute atomic E-state index is 15.7. The number of fused-ring (bicyclic) bond motifs is 14. The monoisotopic (exact) mass is 659 g/mol. The summed E-state index contributed by atoms with van der Waals surface area (Å²) >= 11 is 0. The van der Waals surface area contributed by atoms with Crippen LogP contribution in [-0.2, 0) is 5.41 Å². The lowest BCUT2D eigenvalue weighted by molar-refractivity contribution is 0.591. The summed E-state index contributed by atoms with van der Waals surface area (Å²) in [6.07, 6.45) is 0. The molecular weight excluding hydrogens is 624 g/mol. The van der Waals surface area contributed by atoms with Crippen molar-refractivity contribution in [3.8, 4) is 28.7 Å². The van der Waals surface area contributed by atoms with Gasteiger partial charge in [0.1, 0.15) is 11.6 Å². The van der Waals surface area contributed by atoms with Crippen molar-refractivity contribution in [1.29, 1.82) is 0 Å². The summed E-state index contributed by atoms with van der Waals surface area (Å²) in [5.41, 5.74) is 21.2. The lowest BCUT2D eigenvalue weighted by atomic mass is 9.33. The van der Waals surface area contributed by atoms with Gasteiger partial charge in [0, 0.05) is 28.2 Å². The van der Waals surface area contributed by atoms with Crippen LogP contribution in [-0.4, -0.2) is 36.3 Å². The quantitative estimate of drug-likeness (QED) is 0.137. The molecule has 6 nitrogen and oxygen atoms in total. The van der Waals surface area contributed by atoms with E-state index in [9.17, 15) is 0 Å². The predicted molar refractivity (Wildman–Crippen MR) is 211 cm³/mol. The zero-order chi connectivity index (χ0) is 34.6. The molecule has 8 heteroatoms. The molecule has 7 aliphatic rings. The van der Waals surface area contributed by atoms with Gasteiger partial charge in [0.15, 0.2) is 0 Å². The average molecular weight is 659 g/mol. The van der Waals surface area contributed by atoms with Gasteiger partial charge < -0.3 is 9.13 Å². The Kier molecular flexibility index (Phi) is 4.76. The zero-order valence-corrected chi connectivity index (χ0v) is 29.9. The molecule has 12 rings (SSSR count). The molecule has 244 valence electrons. The van der Waals surface area contributed by atoms with Gasteiger partial charge in [-0.15, -0.1) is 0 Å². The van der Waals surface area contributed by atoms with E-state index in [1.807, 2.05) is 0 Å². The smallest absolute Gasteiger partial charge is 0.317 e. The zero-order valence-electron chi connectivity index (χ0n) is 29.9. The van der Waals surface area contributed by atoms with Crippen LogP contribution in [0.1, 0.15) is 48.6 Å². The molecule has 7 aliphatic heterocycles. The van der Waals surface area contributed by atoms with Crippen LogP contribution >= 0.6 is 0 Å². The van der Waals surface area contributed by atoms with E-state index in [-0.39, 0.29) is 24.5 Å². The molecule has 0 atom stereocenters. The molecule has 5 aromatic carbocycles. The highest BCUT2D eigenvalue weighted by atomic mass is 16.2. The standard InChI is InChI=1S/C43H35B2N5O/c1-22-16-33-35(18-24(22)3)48-40-38-44(27-12-8-10-14-31(27)46(33)38)29-20-26(43(5,6)7)21-30-37(29)50(40)41-39-45(30)28-13-9-11-15-32(28)47(39)34-17-23(2)25(4)19-36(34)49(41)42(48)51/h8-21H,1-7H3. The lowest BCUT2D eigenvalue weighted by Gasteiger charge is -2.41. The van der Waals surface area contributed by atoms with Crippen LogP contribution in [0.4, 0.5) is 0 Å². The molecule has 7 heterocycles. The highest BCUT2D eigenvalue weighted by Gasteiger charge is 2.52. The molecule has 0 spiro atoms. The number of aryl methyl sites for hydroxylation is 4. The van der Waals surface area contributed by atoms with Gasteiger partial charge in [-0.1, -0.05) is 69.3 Å². The molecule has 0 saturated carbocycles. The summed E-state index contributed by atoms with van der Waals surface area (Å²) in [7, 11) is 0. The fourth-order valence-electron chi connectivity index (χ4n) is 10.1. The van der Waals surface area contributed by atoms with Crippen molar-refractivity contribution in [2.45, 2.75) is 53.9 Å². The Balaban J connectivity index is 1.45. The number of aromatic nitrogens is 5. The molecule has 0 N–H and O–H groups in total. The second kappa shape index (κ2) is 8.63. The molecule has 0 fully saturated rings. The molecule has 0 radical (unpaired) electrons. The number of nitrogens with zero attached hydrogens (tertiary/aromatic N) is 5. The molecule has 0 aliphatic carbocycles. The van der Waals surface area contributed by atoms with E-state index >= 15 is 4.79 Å². The van der Waals surface area contributed by atoms with Crippen molar-refractivity contribution in [3.05, 3.63) is 123 Å². The second-order valence-corrected chi connectivity index (χ2v) is 16.5. The molecule has 0 bridgehead atoms. The molecular formula is C43H35B2N5O. The van der Waals surface area contributed by atoms with Crippen molar-refractivity contribution >= 4 is 68.5 Å². The fourth-order valence-corrected chi connectivity index (χ4v) is 10.1. The summed E-state index contributed by atoms with van der Waals surface area (Å²) in [4.78, 5) is 15.7. The second-order valence-electron chi connectivity index (χ2n) is 16.5. The molecule has 0 aromatic heterocycles. The Morgan fingerprint density at radius 1 is 0.490 bits per heavy atom. The van der Waals surface area contributed by atoms with Crippen molar-refractivity contribution in [3.63, 3.8) is 0 Å². The Hall–Kier alpha value is -5.62. The van der Waals surface area contributed by atoms with Gasteiger partial charge in [0.2, 0.25) is 0 Å². The third-order valence-corrected chi connectivity index (χ3v) is 12.7. The van der Waals surface area contributed by atoms with E-state index in [0.29, 0.717) is 0 Å². The first-order valence-electron chi connectivity index (χ1n) is 18.2. The summed E-state index contributed by atoms with van der Waals surface area (Å²) in [6, 6.07) is 31.8. The largest absolute Gasteiger partial charge is 0.340 e. The highest BCUT2D eigenvalue weighted by Crippen LogP contribution is 2.38. The van der Waals surface area contributed by atoms with Gasteiger partial charge >= 0.3 is 5.69 Å². The first-order valence-corrected chi connectivity index (χ1v) is 18.2. The SMILES string of the molecule is Cc1cc2c(cc1C)n1c(=O)n3c4cc(C)c(C)cc4n4c5c-3n3c-1c1n2-c2ccccc2B1c1cc(C(C)(C)C)cc(c1-3)B5c1ccccc1-4. The minimum absolute atomic E-state index is 0.0178. The Labute approximate surface area is 296 Å². The molecule has 0 amide bonds. The maximum Gasteiger partial charge on any atom is 0.340 e. The molecule has 0 saturated heterocycles. The number of hydrogen-bond acceptors (Lipinski definition) is 1. The Morgan fingerprint density at radius 2 is 0.882 bits per heavy atom. The third-order valence-electron chi connectivity index (χ3n) is 12.7. The number of hydrogen-bond donors (Lipinski definition) is 0. The first kappa shape index (κ1) is 28.1.